The molecular formula is C44H73N5O10. The molecule has 1 saturated heterocycles. The number of nitrogens with zero attached hydrogens (tertiary/aromatic N) is 3. The zero-order valence-electron chi connectivity index (χ0n) is 37.7. The van der Waals surface area contributed by atoms with Crippen molar-refractivity contribution in [1.29, 1.82) is 0 Å². The maximum atomic E-state index is 14.4. The molecule has 1 fully saturated rings. The van der Waals surface area contributed by atoms with E-state index in [1.807, 2.05) is 47.6 Å². The third-order valence-corrected chi connectivity index (χ3v) is 12.0. The van der Waals surface area contributed by atoms with E-state index in [9.17, 15) is 39.0 Å². The number of hydrogen-bond acceptors (Lipinski definition) is 9. The van der Waals surface area contributed by atoms with Crippen molar-refractivity contribution in [2.45, 2.75) is 137 Å². The molecule has 1 aliphatic rings. The van der Waals surface area contributed by atoms with Crippen molar-refractivity contribution in [3.05, 3.63) is 35.9 Å². The molecule has 1 aromatic carbocycles. The number of carbonyl (C=O) groups is 6. The number of benzene rings is 1. The van der Waals surface area contributed by atoms with Gasteiger partial charge in [0.25, 0.3) is 0 Å². The van der Waals surface area contributed by atoms with Gasteiger partial charge in [-0.1, -0.05) is 85.2 Å². The number of aliphatic hydroxyl groups excluding tert-OH is 1. The van der Waals surface area contributed by atoms with Crippen LogP contribution in [0, 0.1) is 29.1 Å². The Hall–Kier alpha value is -4.08. The van der Waals surface area contributed by atoms with Crippen molar-refractivity contribution < 1.29 is 48.5 Å². The monoisotopic (exact) mass is 832 g/mol. The van der Waals surface area contributed by atoms with Crippen LogP contribution >= 0.6 is 0 Å². The molecular weight excluding hydrogens is 759 g/mol. The summed E-state index contributed by atoms with van der Waals surface area (Å²) in [5.41, 5.74) is -0.337. The maximum absolute atomic E-state index is 14.4. The molecule has 0 bridgehead atoms. The third-order valence-electron chi connectivity index (χ3n) is 12.0. The summed E-state index contributed by atoms with van der Waals surface area (Å²) < 4.78 is 11.9. The SMILES string of the molecule is CC[C@H](C)[C@@H]([C@@H](CC(=O)N1CCC[C@H]1[C@H](OC)[C@@H](C)C(=O)N[C@@H](Cc1ccccc1)C(=O)O)OC)N(C)C(=O)[C@@H](NC(=O)C(C(C)C)N(C)C(=O)C(C)(C)CO)C(C)C. The van der Waals surface area contributed by atoms with Crippen LogP contribution in [0.2, 0.25) is 0 Å². The molecule has 9 atom stereocenters. The van der Waals surface area contributed by atoms with Crippen LogP contribution in [0.3, 0.4) is 0 Å². The van der Waals surface area contributed by atoms with Gasteiger partial charge in [-0.3, -0.25) is 24.0 Å². The summed E-state index contributed by atoms with van der Waals surface area (Å²) in [4.78, 5) is 86.1. The molecule has 15 nitrogen and oxygen atoms in total. The maximum Gasteiger partial charge on any atom is 0.326 e. The number of carboxylic acids is 1. The predicted molar refractivity (Wildman–Crippen MR) is 225 cm³/mol. The summed E-state index contributed by atoms with van der Waals surface area (Å²) in [6.07, 6.45) is 0.480. The lowest BCUT2D eigenvalue weighted by atomic mass is 9.89. The highest BCUT2D eigenvalue weighted by Gasteiger charge is 2.44. The van der Waals surface area contributed by atoms with Gasteiger partial charge in [0.1, 0.15) is 18.1 Å². The molecule has 0 aromatic heterocycles. The van der Waals surface area contributed by atoms with E-state index in [0.717, 1.165) is 5.56 Å². The first-order chi connectivity index (χ1) is 27.6. The third kappa shape index (κ3) is 13.2. The molecule has 0 aliphatic carbocycles. The van der Waals surface area contributed by atoms with Crippen LogP contribution in [0.5, 0.6) is 0 Å². The van der Waals surface area contributed by atoms with E-state index in [0.29, 0.717) is 25.8 Å². The van der Waals surface area contributed by atoms with Crippen LogP contribution in [0.15, 0.2) is 30.3 Å². The molecule has 0 radical (unpaired) electrons. The smallest absolute Gasteiger partial charge is 0.326 e. The average Bonchev–Trinajstić information content (AvgIpc) is 3.68. The van der Waals surface area contributed by atoms with Gasteiger partial charge in [-0.25, -0.2) is 4.79 Å². The summed E-state index contributed by atoms with van der Waals surface area (Å²) in [5, 5.41) is 25.3. The lowest BCUT2D eigenvalue weighted by Crippen LogP contribution is -2.61. The van der Waals surface area contributed by atoms with E-state index in [1.54, 1.807) is 61.9 Å². The van der Waals surface area contributed by atoms with Crippen LogP contribution in [0.1, 0.15) is 93.6 Å². The molecule has 1 unspecified atom stereocenters. The minimum atomic E-state index is -1.16. The Kier molecular flexibility index (Phi) is 20.0. The summed E-state index contributed by atoms with van der Waals surface area (Å²) in [6.45, 7) is 16.2. The van der Waals surface area contributed by atoms with Gasteiger partial charge in [0.2, 0.25) is 29.5 Å². The number of carboxylic acid groups (broad SMARTS) is 1. The second-order valence-corrected chi connectivity index (χ2v) is 17.6. The Morgan fingerprint density at radius 2 is 1.51 bits per heavy atom. The normalized spacial score (nSPS) is 18.6. The van der Waals surface area contributed by atoms with Crippen molar-refractivity contribution >= 4 is 35.5 Å². The number of aliphatic hydroxyl groups is 1. The van der Waals surface area contributed by atoms with Gasteiger partial charge in [0, 0.05) is 41.3 Å². The molecule has 0 saturated carbocycles. The molecule has 1 aliphatic heterocycles. The molecule has 2 rings (SSSR count). The lowest BCUT2D eigenvalue weighted by Gasteiger charge is -2.41. The van der Waals surface area contributed by atoms with E-state index in [2.05, 4.69) is 10.6 Å². The average molecular weight is 832 g/mol. The summed E-state index contributed by atoms with van der Waals surface area (Å²) in [7, 11) is 6.16. The standard InChI is InChI=1S/C44H73N5O10/c1-14-28(6)37(47(10)41(54)35(26(2)3)46-40(53)36(27(4)5)48(11)43(57)44(8,9)25-50)33(58-12)24-34(51)49-22-18-21-32(49)38(59-13)29(7)39(52)45-31(42(55)56)23-30-19-16-15-17-20-30/h15-17,19-20,26-29,31-33,35-38,50H,14,18,21-25H2,1-13H3,(H,45,52)(H,46,53)(H,55,56)/t28-,29+,31-,32-,33+,35-,36?,37-,38+/m0/s1. The number of rotatable bonds is 23. The highest BCUT2D eigenvalue weighted by Crippen LogP contribution is 2.30. The van der Waals surface area contributed by atoms with Crippen molar-refractivity contribution in [2.75, 3.05) is 41.5 Å². The van der Waals surface area contributed by atoms with Crippen LogP contribution in [0.4, 0.5) is 0 Å². The Morgan fingerprint density at radius 3 is 2.00 bits per heavy atom. The molecule has 1 heterocycles. The molecule has 4 N–H and O–H groups in total. The van der Waals surface area contributed by atoms with Crippen molar-refractivity contribution in [3.63, 3.8) is 0 Å². The minimum absolute atomic E-state index is 0.0729. The van der Waals surface area contributed by atoms with Gasteiger partial charge < -0.3 is 45.0 Å². The van der Waals surface area contributed by atoms with E-state index in [-0.39, 0.29) is 42.4 Å². The quantitative estimate of drug-likeness (QED) is 0.127. The number of methoxy groups -OCH3 is 2. The fraction of sp³-hybridized carbons (Fsp3) is 0.727. The van der Waals surface area contributed by atoms with E-state index >= 15 is 0 Å². The summed E-state index contributed by atoms with van der Waals surface area (Å²) >= 11 is 0. The second kappa shape index (κ2) is 23.1. The molecule has 5 amide bonds. The van der Waals surface area contributed by atoms with Crippen LogP contribution in [0.25, 0.3) is 0 Å². The van der Waals surface area contributed by atoms with Gasteiger partial charge in [0.15, 0.2) is 0 Å². The van der Waals surface area contributed by atoms with Crippen molar-refractivity contribution in [3.8, 4) is 0 Å². The fourth-order valence-corrected chi connectivity index (χ4v) is 8.23. The Labute approximate surface area is 351 Å². The van der Waals surface area contributed by atoms with E-state index < -0.39 is 84.0 Å². The number of likely N-dealkylation sites (N-methyl/N-ethyl adjacent to an activating group) is 2. The van der Waals surface area contributed by atoms with Crippen LogP contribution in [-0.4, -0.2) is 144 Å². The van der Waals surface area contributed by atoms with Gasteiger partial charge in [-0.15, -0.1) is 0 Å². The predicted octanol–water partition coefficient (Wildman–Crippen LogP) is 3.36. The van der Waals surface area contributed by atoms with Crippen LogP contribution < -0.4 is 10.6 Å². The van der Waals surface area contributed by atoms with Crippen LogP contribution in [-0.2, 0) is 44.7 Å². The zero-order chi connectivity index (χ0) is 44.9. The van der Waals surface area contributed by atoms with E-state index in [4.69, 9.17) is 9.47 Å². The van der Waals surface area contributed by atoms with Gasteiger partial charge >= 0.3 is 5.97 Å². The fourth-order valence-electron chi connectivity index (χ4n) is 8.23. The number of carbonyl (C=O) groups excluding carboxylic acids is 5. The number of hydrogen-bond donors (Lipinski definition) is 4. The number of ether oxygens (including phenoxy) is 2. The Bertz CT molecular complexity index is 1560. The molecule has 1 aromatic rings. The Morgan fingerprint density at radius 1 is 0.898 bits per heavy atom. The first-order valence-corrected chi connectivity index (χ1v) is 21.0. The lowest BCUT2D eigenvalue weighted by molar-refractivity contribution is -0.151. The largest absolute Gasteiger partial charge is 0.480 e. The van der Waals surface area contributed by atoms with Crippen molar-refractivity contribution in [1.82, 2.24) is 25.3 Å². The molecule has 59 heavy (non-hydrogen) atoms. The summed E-state index contributed by atoms with van der Waals surface area (Å²) in [5.74, 6) is -4.70. The number of aliphatic carboxylic acids is 1. The summed E-state index contributed by atoms with van der Waals surface area (Å²) in [6, 6.07) is 4.98. The van der Waals surface area contributed by atoms with Gasteiger partial charge in [-0.05, 0) is 50.0 Å². The van der Waals surface area contributed by atoms with Gasteiger partial charge in [-0.2, -0.15) is 0 Å². The second-order valence-electron chi connectivity index (χ2n) is 17.6. The number of nitrogens with one attached hydrogen (secondary N) is 2. The number of likely N-dealkylation sites (tertiary alicyclic amines) is 1. The zero-order valence-corrected chi connectivity index (χ0v) is 37.7. The first kappa shape index (κ1) is 51.1. The first-order valence-electron chi connectivity index (χ1n) is 21.0. The van der Waals surface area contributed by atoms with E-state index in [1.165, 1.54) is 26.2 Å². The van der Waals surface area contributed by atoms with Gasteiger partial charge in [0.05, 0.1) is 48.7 Å². The number of amides is 5. The Balaban J connectivity index is 2.32. The molecule has 15 heteroatoms. The highest BCUT2D eigenvalue weighted by molar-refractivity contribution is 5.93. The van der Waals surface area contributed by atoms with Crippen molar-refractivity contribution in [2.24, 2.45) is 29.1 Å². The topological polar surface area (TPSA) is 195 Å². The molecule has 334 valence electrons. The minimum Gasteiger partial charge on any atom is -0.480 e. The molecule has 0 spiro atoms. The highest BCUT2D eigenvalue weighted by atomic mass is 16.5.